The molecule has 0 aromatic carbocycles. The van der Waals surface area contributed by atoms with E-state index in [2.05, 4.69) is 20.4 Å². The van der Waals surface area contributed by atoms with Crippen molar-refractivity contribution in [3.05, 3.63) is 23.5 Å². The Morgan fingerprint density at radius 1 is 1.29 bits per heavy atom. The van der Waals surface area contributed by atoms with Crippen LogP contribution in [-0.2, 0) is 11.4 Å². The Kier molecular flexibility index (Phi) is 5.13. The highest BCUT2D eigenvalue weighted by Crippen LogP contribution is 2.34. The van der Waals surface area contributed by atoms with Crippen LogP contribution in [0.4, 0.5) is 19.0 Å². The Bertz CT molecular complexity index is 831. The van der Waals surface area contributed by atoms with Gasteiger partial charge in [0, 0.05) is 31.1 Å². The van der Waals surface area contributed by atoms with Crippen LogP contribution in [0.2, 0.25) is 0 Å². The van der Waals surface area contributed by atoms with E-state index in [1.54, 1.807) is 19.2 Å². The van der Waals surface area contributed by atoms with Crippen LogP contribution >= 0.6 is 0 Å². The van der Waals surface area contributed by atoms with Crippen molar-refractivity contribution in [3.63, 3.8) is 0 Å². The first-order valence-electron chi connectivity index (χ1n) is 9.31. The number of alkyl halides is 3. The lowest BCUT2D eigenvalue weighted by Crippen LogP contribution is -2.39. The average Bonchev–Trinajstić information content (AvgIpc) is 3.01. The SMILES string of the molecule is Cc1cn(-c2nc(NC3CCC(F)(F)CC3)cc(OC3COC3)n2)nc1CF. The molecule has 1 saturated heterocycles. The molecule has 2 aromatic rings. The van der Waals surface area contributed by atoms with Gasteiger partial charge in [-0.25, -0.2) is 17.9 Å². The molecule has 2 aliphatic rings. The Labute approximate surface area is 160 Å². The molecule has 3 heterocycles. The molecule has 28 heavy (non-hydrogen) atoms. The zero-order chi connectivity index (χ0) is 19.7. The highest BCUT2D eigenvalue weighted by atomic mass is 19.3. The van der Waals surface area contributed by atoms with E-state index in [9.17, 15) is 13.2 Å². The predicted octanol–water partition coefficient (Wildman–Crippen LogP) is 3.21. The van der Waals surface area contributed by atoms with Gasteiger partial charge in [0.25, 0.3) is 5.95 Å². The number of aryl methyl sites for hydroxylation is 1. The second-order valence-corrected chi connectivity index (χ2v) is 7.28. The van der Waals surface area contributed by atoms with E-state index in [1.165, 1.54) is 4.68 Å². The summed E-state index contributed by atoms with van der Waals surface area (Å²) in [5.41, 5.74) is 1.00. The van der Waals surface area contributed by atoms with Gasteiger partial charge in [-0.3, -0.25) is 0 Å². The van der Waals surface area contributed by atoms with E-state index >= 15 is 0 Å². The molecule has 1 N–H and O–H groups in total. The van der Waals surface area contributed by atoms with E-state index in [0.29, 0.717) is 49.0 Å². The van der Waals surface area contributed by atoms with Crippen LogP contribution in [0, 0.1) is 6.92 Å². The topological polar surface area (TPSA) is 74.1 Å². The molecule has 152 valence electrons. The van der Waals surface area contributed by atoms with Crippen LogP contribution in [0.15, 0.2) is 12.3 Å². The summed E-state index contributed by atoms with van der Waals surface area (Å²) in [6.45, 7) is 2.03. The highest BCUT2D eigenvalue weighted by Gasteiger charge is 2.35. The minimum Gasteiger partial charge on any atom is -0.469 e. The summed E-state index contributed by atoms with van der Waals surface area (Å²) < 4.78 is 52.1. The third kappa shape index (κ3) is 4.21. The number of hydrogen-bond donors (Lipinski definition) is 1. The monoisotopic (exact) mass is 397 g/mol. The first kappa shape index (κ1) is 19.0. The molecule has 7 nitrogen and oxygen atoms in total. The molecule has 0 atom stereocenters. The van der Waals surface area contributed by atoms with Gasteiger partial charge < -0.3 is 14.8 Å². The Hall–Kier alpha value is -2.36. The number of nitrogens with zero attached hydrogens (tertiary/aromatic N) is 4. The van der Waals surface area contributed by atoms with E-state index in [4.69, 9.17) is 9.47 Å². The Morgan fingerprint density at radius 3 is 2.64 bits per heavy atom. The Balaban J connectivity index is 1.58. The third-order valence-corrected chi connectivity index (χ3v) is 4.99. The zero-order valence-corrected chi connectivity index (χ0v) is 15.5. The number of rotatable bonds is 6. The van der Waals surface area contributed by atoms with E-state index in [-0.39, 0.29) is 30.9 Å². The summed E-state index contributed by atoms with van der Waals surface area (Å²) in [5, 5.41) is 7.37. The van der Waals surface area contributed by atoms with Gasteiger partial charge in [-0.05, 0) is 25.3 Å². The molecule has 10 heteroatoms. The number of aromatic nitrogens is 4. The van der Waals surface area contributed by atoms with Crippen LogP contribution in [0.25, 0.3) is 5.95 Å². The van der Waals surface area contributed by atoms with Gasteiger partial charge in [-0.15, -0.1) is 0 Å². The molecule has 1 aliphatic carbocycles. The Morgan fingerprint density at radius 2 is 2.04 bits per heavy atom. The maximum absolute atomic E-state index is 13.4. The van der Waals surface area contributed by atoms with Crippen LogP contribution in [-0.4, -0.2) is 51.0 Å². The minimum atomic E-state index is -2.59. The van der Waals surface area contributed by atoms with Gasteiger partial charge >= 0.3 is 0 Å². The van der Waals surface area contributed by atoms with Gasteiger partial charge in [0.2, 0.25) is 11.8 Å². The fourth-order valence-electron chi connectivity index (χ4n) is 3.23. The molecule has 2 fully saturated rings. The second kappa shape index (κ2) is 7.57. The van der Waals surface area contributed by atoms with Crippen LogP contribution in [0.3, 0.4) is 0 Å². The van der Waals surface area contributed by atoms with E-state index < -0.39 is 12.6 Å². The van der Waals surface area contributed by atoms with E-state index in [0.717, 1.165) is 0 Å². The maximum atomic E-state index is 13.4. The lowest BCUT2D eigenvalue weighted by atomic mass is 9.92. The maximum Gasteiger partial charge on any atom is 0.255 e. The van der Waals surface area contributed by atoms with Crippen LogP contribution < -0.4 is 10.1 Å². The average molecular weight is 397 g/mol. The van der Waals surface area contributed by atoms with Crippen molar-refractivity contribution in [1.82, 2.24) is 19.7 Å². The molecule has 0 bridgehead atoms. The fraction of sp³-hybridized carbons (Fsp3) is 0.611. The van der Waals surface area contributed by atoms with Crippen LogP contribution in [0.5, 0.6) is 5.88 Å². The molecule has 0 unspecified atom stereocenters. The zero-order valence-electron chi connectivity index (χ0n) is 15.5. The first-order valence-corrected chi connectivity index (χ1v) is 9.31. The van der Waals surface area contributed by atoms with Gasteiger partial charge in [0.15, 0.2) is 0 Å². The van der Waals surface area contributed by atoms with Crippen molar-refractivity contribution >= 4 is 5.82 Å². The number of anilines is 1. The molecule has 2 aromatic heterocycles. The van der Waals surface area contributed by atoms with Crippen molar-refractivity contribution in [2.75, 3.05) is 18.5 Å². The summed E-state index contributed by atoms with van der Waals surface area (Å²) in [7, 11) is 0. The van der Waals surface area contributed by atoms with Crippen molar-refractivity contribution in [3.8, 4) is 11.8 Å². The molecule has 4 rings (SSSR count). The smallest absolute Gasteiger partial charge is 0.255 e. The van der Waals surface area contributed by atoms with Crippen molar-refractivity contribution < 1.29 is 22.6 Å². The molecule has 1 saturated carbocycles. The lowest BCUT2D eigenvalue weighted by molar-refractivity contribution is -0.0813. The largest absolute Gasteiger partial charge is 0.469 e. The number of ether oxygens (including phenoxy) is 2. The first-order chi connectivity index (χ1) is 13.4. The summed E-state index contributed by atoms with van der Waals surface area (Å²) in [4.78, 5) is 8.79. The number of hydrogen-bond acceptors (Lipinski definition) is 6. The second-order valence-electron chi connectivity index (χ2n) is 7.28. The molecular weight excluding hydrogens is 375 g/mol. The van der Waals surface area contributed by atoms with Crippen molar-refractivity contribution in [1.29, 1.82) is 0 Å². The fourth-order valence-corrected chi connectivity index (χ4v) is 3.23. The molecule has 0 spiro atoms. The summed E-state index contributed by atoms with van der Waals surface area (Å²) in [6, 6.07) is 1.53. The molecule has 0 amide bonds. The van der Waals surface area contributed by atoms with Gasteiger partial charge in [-0.2, -0.15) is 15.1 Å². The summed E-state index contributed by atoms with van der Waals surface area (Å²) >= 11 is 0. The summed E-state index contributed by atoms with van der Waals surface area (Å²) in [6.07, 6.45) is 1.96. The van der Waals surface area contributed by atoms with Gasteiger partial charge in [0.1, 0.15) is 18.6 Å². The molecular formula is C18H22F3N5O2. The van der Waals surface area contributed by atoms with Gasteiger partial charge in [0.05, 0.1) is 18.9 Å². The van der Waals surface area contributed by atoms with Crippen LogP contribution in [0.1, 0.15) is 36.9 Å². The highest BCUT2D eigenvalue weighted by molar-refractivity contribution is 5.42. The third-order valence-electron chi connectivity index (χ3n) is 4.99. The molecule has 1 aliphatic heterocycles. The van der Waals surface area contributed by atoms with E-state index in [1.807, 2.05) is 0 Å². The molecule has 0 radical (unpaired) electrons. The van der Waals surface area contributed by atoms with Crippen molar-refractivity contribution in [2.24, 2.45) is 0 Å². The summed E-state index contributed by atoms with van der Waals surface area (Å²) in [5.74, 6) is -1.57. The minimum absolute atomic E-state index is 0.0928. The van der Waals surface area contributed by atoms with Crippen molar-refractivity contribution in [2.45, 2.75) is 57.3 Å². The number of nitrogens with one attached hydrogen (secondary N) is 1. The quantitative estimate of drug-likeness (QED) is 0.807. The standard InChI is InChI=1S/C18H22F3N5O2/c1-11-8-26(25-14(11)7-19)17-23-15(6-16(24-17)28-13-9-27-10-13)22-12-2-4-18(20,21)5-3-12/h6,8,12-13H,2-5,7,9-10H2,1H3,(H,22,23,24). The predicted molar refractivity (Wildman–Crippen MR) is 94.8 cm³/mol. The number of halogens is 3. The van der Waals surface area contributed by atoms with Gasteiger partial charge in [-0.1, -0.05) is 0 Å². The normalized spacial score (nSPS) is 20.0. The lowest BCUT2D eigenvalue weighted by Gasteiger charge is -2.29.